The molecule has 96 valence electrons. The minimum Gasteiger partial charge on any atom is -0.390 e. The van der Waals surface area contributed by atoms with Gasteiger partial charge in [-0.1, -0.05) is 13.8 Å². The van der Waals surface area contributed by atoms with E-state index >= 15 is 0 Å². The Kier molecular flexibility index (Phi) is 9.28. The number of hydrogen-bond donors (Lipinski definition) is 2. The minimum atomic E-state index is -0.828. The summed E-state index contributed by atoms with van der Waals surface area (Å²) in [5.41, 5.74) is -0.828. The highest BCUT2D eigenvalue weighted by Gasteiger charge is 2.13. The van der Waals surface area contributed by atoms with Crippen molar-refractivity contribution in [2.75, 3.05) is 6.61 Å². The summed E-state index contributed by atoms with van der Waals surface area (Å²) in [6.45, 7) is 8.31. The van der Waals surface area contributed by atoms with E-state index in [1.807, 2.05) is 13.8 Å². The summed E-state index contributed by atoms with van der Waals surface area (Å²) < 4.78 is 0. The number of rotatable bonds is 5. The fraction of sp³-hybridized carbons (Fsp3) is 0.833. The molecule has 0 aromatic rings. The zero-order valence-electron chi connectivity index (χ0n) is 10.9. The highest BCUT2D eigenvalue weighted by Crippen LogP contribution is 2.06. The zero-order valence-corrected chi connectivity index (χ0v) is 10.9. The van der Waals surface area contributed by atoms with Crippen molar-refractivity contribution in [1.29, 1.82) is 0 Å². The number of Topliss-reactive ketones (excluding diaryl/α,β-unsaturated/α-hetero) is 2. The van der Waals surface area contributed by atoms with Crippen LogP contribution < -0.4 is 0 Å². The van der Waals surface area contributed by atoms with E-state index < -0.39 is 5.60 Å². The number of carbonyl (C=O) groups excluding carboxylic acids is 2. The lowest BCUT2D eigenvalue weighted by Crippen LogP contribution is -2.21. The van der Waals surface area contributed by atoms with Crippen molar-refractivity contribution in [3.8, 4) is 0 Å². The van der Waals surface area contributed by atoms with Crippen molar-refractivity contribution >= 4 is 11.6 Å². The lowest BCUT2D eigenvalue weighted by Gasteiger charge is -2.13. The molecular weight excluding hydrogens is 208 g/mol. The first kappa shape index (κ1) is 17.6. The van der Waals surface area contributed by atoms with Gasteiger partial charge < -0.3 is 10.2 Å². The van der Waals surface area contributed by atoms with Gasteiger partial charge in [0, 0.05) is 12.8 Å². The second kappa shape index (κ2) is 8.42. The van der Waals surface area contributed by atoms with E-state index in [1.54, 1.807) is 13.8 Å². The summed E-state index contributed by atoms with van der Waals surface area (Å²) in [5.74, 6) is 0.326. The molecule has 0 aromatic heterocycles. The van der Waals surface area contributed by atoms with Gasteiger partial charge in [-0.05, 0) is 26.7 Å². The average Bonchev–Trinajstić information content (AvgIpc) is 1.98. The van der Waals surface area contributed by atoms with E-state index in [4.69, 9.17) is 10.2 Å². The van der Waals surface area contributed by atoms with Gasteiger partial charge in [0.2, 0.25) is 0 Å². The molecule has 4 heteroatoms. The van der Waals surface area contributed by atoms with Crippen LogP contribution in [0.1, 0.15) is 47.5 Å². The first-order chi connectivity index (χ1) is 7.08. The first-order valence-corrected chi connectivity index (χ1v) is 5.43. The van der Waals surface area contributed by atoms with Crippen molar-refractivity contribution in [1.82, 2.24) is 0 Å². The zero-order chi connectivity index (χ0) is 13.4. The molecule has 0 aliphatic heterocycles. The van der Waals surface area contributed by atoms with Crippen molar-refractivity contribution in [3.63, 3.8) is 0 Å². The minimum absolute atomic E-state index is 0.0255. The van der Waals surface area contributed by atoms with Crippen LogP contribution in [0.2, 0.25) is 0 Å². The summed E-state index contributed by atoms with van der Waals surface area (Å²) in [6.07, 6.45) is 0.740. The summed E-state index contributed by atoms with van der Waals surface area (Å²) in [7, 11) is 0. The molecule has 0 aliphatic rings. The fourth-order valence-electron chi connectivity index (χ4n) is 1.13. The van der Waals surface area contributed by atoms with Crippen LogP contribution in [0, 0.1) is 5.92 Å². The Hall–Kier alpha value is -0.740. The maximum absolute atomic E-state index is 10.4. The Bertz CT molecular complexity index is 214. The van der Waals surface area contributed by atoms with Gasteiger partial charge in [0.15, 0.2) is 5.78 Å². The molecule has 0 saturated carbocycles. The number of aliphatic hydroxyl groups is 2. The van der Waals surface area contributed by atoms with E-state index in [9.17, 15) is 9.59 Å². The first-order valence-electron chi connectivity index (χ1n) is 5.43. The van der Waals surface area contributed by atoms with Gasteiger partial charge >= 0.3 is 0 Å². The van der Waals surface area contributed by atoms with Crippen molar-refractivity contribution in [3.05, 3.63) is 0 Å². The van der Waals surface area contributed by atoms with E-state index in [0.29, 0.717) is 12.3 Å². The third kappa shape index (κ3) is 18.9. The van der Waals surface area contributed by atoms with Crippen LogP contribution in [-0.4, -0.2) is 34.0 Å². The predicted octanol–water partition coefficient (Wildman–Crippen LogP) is 1.33. The van der Waals surface area contributed by atoms with Gasteiger partial charge in [0.05, 0.1) is 5.60 Å². The topological polar surface area (TPSA) is 74.6 Å². The summed E-state index contributed by atoms with van der Waals surface area (Å²) >= 11 is 0. The van der Waals surface area contributed by atoms with E-state index in [1.165, 1.54) is 6.92 Å². The Morgan fingerprint density at radius 1 is 1.25 bits per heavy atom. The van der Waals surface area contributed by atoms with Crippen molar-refractivity contribution in [2.24, 2.45) is 5.92 Å². The Morgan fingerprint density at radius 3 is 1.75 bits per heavy atom. The van der Waals surface area contributed by atoms with E-state index in [-0.39, 0.29) is 24.6 Å². The molecule has 0 aliphatic carbocycles. The highest BCUT2D eigenvalue weighted by atomic mass is 16.3. The maximum atomic E-state index is 10.4. The van der Waals surface area contributed by atoms with Gasteiger partial charge in [-0.25, -0.2) is 0 Å². The molecule has 0 radical (unpaired) electrons. The number of ketones is 2. The molecule has 0 saturated heterocycles. The Morgan fingerprint density at radius 2 is 1.69 bits per heavy atom. The standard InChI is InChI=1S/2C6H12O2/c1-5(7)4-6(2,3)8;1-5(2)3-6(8)4-7/h8H,4H2,1-3H3;5,7H,3-4H2,1-2H3. The maximum Gasteiger partial charge on any atom is 0.158 e. The lowest BCUT2D eigenvalue weighted by molar-refractivity contribution is -0.122. The molecule has 0 unspecified atom stereocenters. The molecule has 0 rings (SSSR count). The second-order valence-corrected chi connectivity index (χ2v) is 4.99. The quantitative estimate of drug-likeness (QED) is 0.750. The molecule has 4 nitrogen and oxygen atoms in total. The van der Waals surface area contributed by atoms with Crippen LogP contribution in [0.3, 0.4) is 0 Å². The Balaban J connectivity index is 0. The van der Waals surface area contributed by atoms with Gasteiger partial charge in [-0.15, -0.1) is 0 Å². The number of hydrogen-bond acceptors (Lipinski definition) is 4. The van der Waals surface area contributed by atoms with Crippen LogP contribution in [0.5, 0.6) is 0 Å². The molecule has 0 atom stereocenters. The smallest absolute Gasteiger partial charge is 0.158 e. The molecule has 0 aromatic carbocycles. The van der Waals surface area contributed by atoms with Gasteiger partial charge in [-0.2, -0.15) is 0 Å². The van der Waals surface area contributed by atoms with Crippen LogP contribution >= 0.6 is 0 Å². The third-order valence-electron chi connectivity index (χ3n) is 1.49. The SMILES string of the molecule is CC(=O)CC(C)(C)O.CC(C)CC(=O)CO. The molecule has 0 amide bonds. The molecule has 0 heterocycles. The summed E-state index contributed by atoms with van der Waals surface area (Å²) in [4.78, 5) is 20.7. The lowest BCUT2D eigenvalue weighted by atomic mass is 10.0. The number of aliphatic hydroxyl groups excluding tert-OH is 1. The molecule has 0 bridgehead atoms. The third-order valence-corrected chi connectivity index (χ3v) is 1.49. The molecular formula is C12H24O4. The molecule has 2 N–H and O–H groups in total. The van der Waals surface area contributed by atoms with Gasteiger partial charge in [0.1, 0.15) is 12.4 Å². The second-order valence-electron chi connectivity index (χ2n) is 4.99. The average molecular weight is 232 g/mol. The van der Waals surface area contributed by atoms with Crippen LogP contribution in [0.15, 0.2) is 0 Å². The van der Waals surface area contributed by atoms with Gasteiger partial charge in [-0.3, -0.25) is 9.59 Å². The van der Waals surface area contributed by atoms with Crippen LogP contribution in [-0.2, 0) is 9.59 Å². The van der Waals surface area contributed by atoms with Crippen molar-refractivity contribution in [2.45, 2.75) is 53.1 Å². The van der Waals surface area contributed by atoms with Crippen molar-refractivity contribution < 1.29 is 19.8 Å². The monoisotopic (exact) mass is 232 g/mol. The summed E-state index contributed by atoms with van der Waals surface area (Å²) in [6, 6.07) is 0. The van der Waals surface area contributed by atoms with Crippen LogP contribution in [0.25, 0.3) is 0 Å². The molecule has 16 heavy (non-hydrogen) atoms. The van der Waals surface area contributed by atoms with E-state index in [0.717, 1.165) is 0 Å². The van der Waals surface area contributed by atoms with Gasteiger partial charge in [0.25, 0.3) is 0 Å². The molecule has 0 spiro atoms. The largest absolute Gasteiger partial charge is 0.390 e. The number of carbonyl (C=O) groups is 2. The highest BCUT2D eigenvalue weighted by molar-refractivity contribution is 5.79. The van der Waals surface area contributed by atoms with E-state index in [2.05, 4.69) is 0 Å². The Labute approximate surface area is 97.7 Å². The summed E-state index contributed by atoms with van der Waals surface area (Å²) in [5, 5.41) is 17.2. The fourth-order valence-corrected chi connectivity index (χ4v) is 1.13. The normalized spacial score (nSPS) is 10.8. The predicted molar refractivity (Wildman–Crippen MR) is 63.1 cm³/mol. The molecule has 0 fully saturated rings. The van der Waals surface area contributed by atoms with Crippen LogP contribution in [0.4, 0.5) is 0 Å².